The first-order chi connectivity index (χ1) is 11.6. The highest BCUT2D eigenvalue weighted by molar-refractivity contribution is 5.92. The summed E-state index contributed by atoms with van der Waals surface area (Å²) in [6, 6.07) is 0. The van der Waals surface area contributed by atoms with Crippen LogP contribution in [-0.2, 0) is 4.79 Å². The number of carbonyl (C=O) groups excluding carboxylic acids is 1. The summed E-state index contributed by atoms with van der Waals surface area (Å²) in [4.78, 5) is 12.0. The summed E-state index contributed by atoms with van der Waals surface area (Å²) in [7, 11) is 0. The van der Waals surface area contributed by atoms with E-state index in [0.717, 1.165) is 26.2 Å². The van der Waals surface area contributed by atoms with Crippen molar-refractivity contribution >= 4 is 5.78 Å². The van der Waals surface area contributed by atoms with Crippen molar-refractivity contribution in [2.45, 2.75) is 52.4 Å². The molecule has 2 bridgehead atoms. The Bertz CT molecular complexity index is 313. The van der Waals surface area contributed by atoms with Crippen LogP contribution in [0.25, 0.3) is 0 Å². The van der Waals surface area contributed by atoms with Crippen LogP contribution in [0.4, 0.5) is 0 Å². The highest BCUT2D eigenvalue weighted by Gasteiger charge is 2.50. The minimum absolute atomic E-state index is 0.161. The Hall–Kier alpha value is -0.490. The first kappa shape index (κ1) is 19.8. The monoisotopic (exact) mass is 338 g/mol. The van der Waals surface area contributed by atoms with Crippen LogP contribution in [-0.4, -0.2) is 58.1 Å². The highest BCUT2D eigenvalue weighted by Crippen LogP contribution is 2.35. The molecule has 0 aromatic carbocycles. The summed E-state index contributed by atoms with van der Waals surface area (Å²) < 4.78 is 0. The molecule has 4 aliphatic rings. The van der Waals surface area contributed by atoms with Crippen molar-refractivity contribution < 1.29 is 4.79 Å². The van der Waals surface area contributed by atoms with Crippen molar-refractivity contribution in [2.75, 3.05) is 52.4 Å². The van der Waals surface area contributed by atoms with Gasteiger partial charge >= 0.3 is 0 Å². The third kappa shape index (κ3) is 5.80. The van der Waals surface area contributed by atoms with E-state index in [1.165, 1.54) is 64.7 Å². The zero-order valence-corrected chi connectivity index (χ0v) is 15.8. The third-order valence-corrected chi connectivity index (χ3v) is 5.57. The van der Waals surface area contributed by atoms with Gasteiger partial charge in [-0.25, -0.2) is 0 Å². The second-order valence-corrected chi connectivity index (χ2v) is 8.28. The first-order valence-electron chi connectivity index (χ1n) is 9.95. The van der Waals surface area contributed by atoms with Crippen LogP contribution in [0.1, 0.15) is 52.4 Å². The van der Waals surface area contributed by atoms with E-state index >= 15 is 0 Å². The molecule has 4 aliphatic heterocycles. The Labute approximate surface area is 148 Å². The SMILES string of the molecule is C1CCNCC1.C1CCNCC1.CC12CNCC(C)(CNC1)C2=O. The van der Waals surface area contributed by atoms with Gasteiger partial charge in [0.1, 0.15) is 5.78 Å². The fraction of sp³-hybridized carbons (Fsp3) is 0.947. The minimum atomic E-state index is -0.161. The lowest BCUT2D eigenvalue weighted by Crippen LogP contribution is -2.66. The summed E-state index contributed by atoms with van der Waals surface area (Å²) in [5, 5.41) is 13.2. The topological polar surface area (TPSA) is 65.2 Å². The van der Waals surface area contributed by atoms with E-state index in [4.69, 9.17) is 0 Å². The molecule has 0 aliphatic carbocycles. The van der Waals surface area contributed by atoms with Crippen LogP contribution in [0.2, 0.25) is 0 Å². The quantitative estimate of drug-likeness (QED) is 0.536. The predicted octanol–water partition coefficient (Wildman–Crippen LogP) is 1.29. The Morgan fingerprint density at radius 3 is 1.08 bits per heavy atom. The van der Waals surface area contributed by atoms with E-state index in [-0.39, 0.29) is 10.8 Å². The molecule has 4 fully saturated rings. The van der Waals surface area contributed by atoms with Crippen molar-refractivity contribution in [1.29, 1.82) is 0 Å². The molecule has 0 spiro atoms. The van der Waals surface area contributed by atoms with Crippen LogP contribution in [0.5, 0.6) is 0 Å². The van der Waals surface area contributed by atoms with E-state index in [0.29, 0.717) is 5.78 Å². The number of piperidine rings is 4. The van der Waals surface area contributed by atoms with E-state index in [1.54, 1.807) is 0 Å². The number of Topliss-reactive ketones (excluding diaryl/α,β-unsaturated/α-hetero) is 1. The predicted molar refractivity (Wildman–Crippen MR) is 100 cm³/mol. The molecule has 5 heteroatoms. The van der Waals surface area contributed by atoms with Crippen molar-refractivity contribution in [2.24, 2.45) is 10.8 Å². The maximum absolute atomic E-state index is 12.0. The molecule has 24 heavy (non-hydrogen) atoms. The molecule has 5 nitrogen and oxygen atoms in total. The lowest BCUT2D eigenvalue weighted by molar-refractivity contribution is -0.143. The molecule has 140 valence electrons. The molecule has 0 amide bonds. The standard InChI is InChI=1S/C9H16N2O.2C5H11N/c1-8-3-10-5-9(2,7(8)12)6-11-4-8;2*1-2-4-6-5-3-1/h10-11H,3-6H2,1-2H3;2*6H,1-5H2. The molecule has 0 radical (unpaired) electrons. The Kier molecular flexibility index (Phi) is 8.14. The van der Waals surface area contributed by atoms with Crippen LogP contribution < -0.4 is 21.3 Å². The molecule has 0 aromatic heterocycles. The molecule has 0 unspecified atom stereocenters. The van der Waals surface area contributed by atoms with Crippen LogP contribution in [0.15, 0.2) is 0 Å². The Morgan fingerprint density at radius 1 is 0.583 bits per heavy atom. The molecule has 0 aromatic rings. The molecule has 4 heterocycles. The molecule has 0 saturated carbocycles. The zero-order chi connectivity index (χ0) is 17.3. The highest BCUT2D eigenvalue weighted by atomic mass is 16.1. The maximum Gasteiger partial charge on any atom is 0.149 e. The van der Waals surface area contributed by atoms with Crippen LogP contribution >= 0.6 is 0 Å². The molecule has 4 rings (SSSR count). The van der Waals surface area contributed by atoms with Crippen molar-refractivity contribution in [3.63, 3.8) is 0 Å². The number of rotatable bonds is 0. The summed E-state index contributed by atoms with van der Waals surface area (Å²) in [6.45, 7) is 12.4. The van der Waals surface area contributed by atoms with Gasteiger partial charge in [-0.3, -0.25) is 4.79 Å². The number of carbonyl (C=O) groups is 1. The van der Waals surface area contributed by atoms with E-state index in [9.17, 15) is 4.79 Å². The average Bonchev–Trinajstić information content (AvgIpc) is 2.62. The third-order valence-electron chi connectivity index (χ3n) is 5.57. The maximum atomic E-state index is 12.0. The van der Waals surface area contributed by atoms with Gasteiger partial charge in [0, 0.05) is 26.2 Å². The lowest BCUT2D eigenvalue weighted by Gasteiger charge is -2.48. The lowest BCUT2D eigenvalue weighted by atomic mass is 9.66. The van der Waals surface area contributed by atoms with E-state index in [1.807, 2.05) is 13.8 Å². The van der Waals surface area contributed by atoms with Crippen molar-refractivity contribution in [3.05, 3.63) is 0 Å². The largest absolute Gasteiger partial charge is 0.317 e. The van der Waals surface area contributed by atoms with Crippen LogP contribution in [0, 0.1) is 10.8 Å². The van der Waals surface area contributed by atoms with Crippen molar-refractivity contribution in [3.8, 4) is 0 Å². The van der Waals surface area contributed by atoms with Gasteiger partial charge in [-0.05, 0) is 51.9 Å². The summed E-state index contributed by atoms with van der Waals surface area (Å²) >= 11 is 0. The van der Waals surface area contributed by atoms with Gasteiger partial charge in [-0.15, -0.1) is 0 Å². The molecule has 4 saturated heterocycles. The summed E-state index contributed by atoms with van der Waals surface area (Å²) in [5.74, 6) is 0.438. The first-order valence-corrected chi connectivity index (χ1v) is 9.95. The van der Waals surface area contributed by atoms with Crippen molar-refractivity contribution in [1.82, 2.24) is 21.3 Å². The van der Waals surface area contributed by atoms with Gasteiger partial charge < -0.3 is 21.3 Å². The number of hydrogen-bond donors (Lipinski definition) is 4. The normalized spacial score (nSPS) is 35.8. The number of hydrogen-bond acceptors (Lipinski definition) is 5. The van der Waals surface area contributed by atoms with E-state index in [2.05, 4.69) is 21.3 Å². The van der Waals surface area contributed by atoms with Gasteiger partial charge in [0.15, 0.2) is 0 Å². The summed E-state index contributed by atoms with van der Waals surface area (Å²) in [6.07, 6.45) is 8.43. The molecular weight excluding hydrogens is 300 g/mol. The number of fused-ring (bicyclic) bond motifs is 2. The zero-order valence-electron chi connectivity index (χ0n) is 15.8. The smallest absolute Gasteiger partial charge is 0.149 e. The molecular formula is C19H38N4O. The number of ketones is 1. The van der Waals surface area contributed by atoms with Gasteiger partial charge in [0.05, 0.1) is 10.8 Å². The van der Waals surface area contributed by atoms with Gasteiger partial charge in [0.25, 0.3) is 0 Å². The van der Waals surface area contributed by atoms with Gasteiger partial charge in [-0.2, -0.15) is 0 Å². The fourth-order valence-electron chi connectivity index (χ4n) is 4.01. The average molecular weight is 339 g/mol. The number of nitrogens with one attached hydrogen (secondary N) is 4. The second-order valence-electron chi connectivity index (χ2n) is 8.28. The minimum Gasteiger partial charge on any atom is -0.317 e. The van der Waals surface area contributed by atoms with Crippen LogP contribution in [0.3, 0.4) is 0 Å². The summed E-state index contributed by atoms with van der Waals surface area (Å²) in [5.41, 5.74) is -0.323. The second kappa shape index (κ2) is 9.85. The fourth-order valence-corrected chi connectivity index (χ4v) is 4.01. The Morgan fingerprint density at radius 2 is 0.917 bits per heavy atom. The molecule has 0 atom stereocenters. The van der Waals surface area contributed by atoms with E-state index < -0.39 is 0 Å². The Balaban J connectivity index is 0.000000146. The van der Waals surface area contributed by atoms with Gasteiger partial charge in [-0.1, -0.05) is 26.7 Å². The van der Waals surface area contributed by atoms with Gasteiger partial charge in [0.2, 0.25) is 0 Å². The molecule has 4 N–H and O–H groups in total.